The Hall–Kier alpha value is -3.64. The highest BCUT2D eigenvalue weighted by atomic mass is 79.9. The summed E-state index contributed by atoms with van der Waals surface area (Å²) in [6, 6.07) is 10.1. The highest BCUT2D eigenvalue weighted by Gasteiger charge is 2.19. The van der Waals surface area contributed by atoms with Crippen LogP contribution in [0, 0.1) is 0 Å². The maximum absolute atomic E-state index is 12.4. The number of benzene rings is 2. The maximum atomic E-state index is 12.4. The lowest BCUT2D eigenvalue weighted by Crippen LogP contribution is -2.43. The van der Waals surface area contributed by atoms with E-state index in [4.69, 9.17) is 18.9 Å². The molecule has 1 heterocycles. The van der Waals surface area contributed by atoms with Gasteiger partial charge in [0, 0.05) is 13.1 Å². The molecule has 0 spiro atoms. The zero-order valence-corrected chi connectivity index (χ0v) is 21.5. The number of hydrogen-bond acceptors (Lipinski definition) is 8. The second kappa shape index (κ2) is 13.4. The van der Waals surface area contributed by atoms with Gasteiger partial charge in [0.1, 0.15) is 5.75 Å². The molecule has 1 aliphatic rings. The van der Waals surface area contributed by atoms with E-state index < -0.39 is 11.8 Å². The molecule has 11 nitrogen and oxygen atoms in total. The molecule has 2 aromatic carbocycles. The van der Waals surface area contributed by atoms with Crippen LogP contribution in [0.25, 0.3) is 0 Å². The summed E-state index contributed by atoms with van der Waals surface area (Å²) in [6.07, 6.45) is 1.34. The van der Waals surface area contributed by atoms with Crippen LogP contribution in [0.15, 0.2) is 46.0 Å². The summed E-state index contributed by atoms with van der Waals surface area (Å²) in [5.74, 6) is -0.833. The Morgan fingerprint density at radius 3 is 2.58 bits per heavy atom. The Morgan fingerprint density at radius 2 is 1.86 bits per heavy atom. The van der Waals surface area contributed by atoms with Crippen molar-refractivity contribution in [3.63, 3.8) is 0 Å². The Labute approximate surface area is 216 Å². The predicted molar refractivity (Wildman–Crippen MR) is 136 cm³/mol. The number of carbonyl (C=O) groups is 3. The molecule has 1 aliphatic heterocycles. The largest absolute Gasteiger partial charge is 0.493 e. The van der Waals surface area contributed by atoms with Crippen molar-refractivity contribution < 1.29 is 33.3 Å². The molecule has 3 rings (SSSR count). The molecule has 0 unspecified atom stereocenters. The number of carbonyl (C=O) groups excluding carboxylic acids is 3. The Morgan fingerprint density at radius 1 is 1.11 bits per heavy atom. The number of nitrogens with zero attached hydrogens (tertiary/aromatic N) is 2. The summed E-state index contributed by atoms with van der Waals surface area (Å²) in [5, 5.41) is 6.33. The lowest BCUT2D eigenvalue weighted by Gasteiger charge is -2.26. The van der Waals surface area contributed by atoms with Gasteiger partial charge in [-0.15, -0.1) is 0 Å². The first-order valence-electron chi connectivity index (χ1n) is 11.1. The van der Waals surface area contributed by atoms with Crippen LogP contribution in [-0.2, 0) is 19.1 Å². The van der Waals surface area contributed by atoms with Crippen LogP contribution >= 0.6 is 15.9 Å². The van der Waals surface area contributed by atoms with Crippen molar-refractivity contribution in [1.29, 1.82) is 0 Å². The quantitative estimate of drug-likeness (QED) is 0.272. The van der Waals surface area contributed by atoms with Gasteiger partial charge in [0.05, 0.1) is 43.3 Å². The fourth-order valence-corrected chi connectivity index (χ4v) is 3.81. The predicted octanol–water partition coefficient (Wildman–Crippen LogP) is 2.18. The molecule has 2 N–H and O–H groups in total. The summed E-state index contributed by atoms with van der Waals surface area (Å²) in [4.78, 5) is 38.4. The first kappa shape index (κ1) is 27.0. The number of nitrogens with one attached hydrogen (secondary N) is 2. The minimum Gasteiger partial charge on any atom is -0.493 e. The molecule has 3 amide bonds. The van der Waals surface area contributed by atoms with Crippen molar-refractivity contribution in [3.05, 3.63) is 46.4 Å². The third kappa shape index (κ3) is 7.43. The van der Waals surface area contributed by atoms with Crippen molar-refractivity contribution in [2.75, 3.05) is 51.9 Å². The van der Waals surface area contributed by atoms with E-state index in [2.05, 4.69) is 31.8 Å². The summed E-state index contributed by atoms with van der Waals surface area (Å²) < 4.78 is 22.3. The number of ether oxygens (including phenoxy) is 4. The van der Waals surface area contributed by atoms with Crippen LogP contribution in [0.5, 0.6) is 17.2 Å². The molecule has 0 radical (unpaired) electrons. The zero-order chi connectivity index (χ0) is 25.9. The van der Waals surface area contributed by atoms with Gasteiger partial charge in [-0.3, -0.25) is 14.4 Å². The fourth-order valence-electron chi connectivity index (χ4n) is 3.24. The molecule has 2 aromatic rings. The zero-order valence-electron chi connectivity index (χ0n) is 19.9. The number of halogens is 1. The van der Waals surface area contributed by atoms with Crippen LogP contribution in [-0.4, -0.2) is 75.5 Å². The number of hydrazone groups is 1. The Bertz CT molecular complexity index is 1120. The van der Waals surface area contributed by atoms with Gasteiger partial charge >= 0.3 is 11.8 Å². The number of morpholine rings is 1. The second-order valence-corrected chi connectivity index (χ2v) is 8.25. The van der Waals surface area contributed by atoms with E-state index in [1.54, 1.807) is 41.3 Å². The number of amides is 3. The van der Waals surface area contributed by atoms with Crippen molar-refractivity contribution in [2.45, 2.75) is 6.92 Å². The van der Waals surface area contributed by atoms with Gasteiger partial charge in [0.2, 0.25) is 0 Å². The van der Waals surface area contributed by atoms with Gasteiger partial charge in [-0.2, -0.15) is 5.10 Å². The summed E-state index contributed by atoms with van der Waals surface area (Å²) in [6.45, 7) is 4.14. The van der Waals surface area contributed by atoms with E-state index >= 15 is 0 Å². The van der Waals surface area contributed by atoms with Crippen LogP contribution < -0.4 is 25.0 Å². The van der Waals surface area contributed by atoms with E-state index in [-0.39, 0.29) is 12.5 Å². The molecule has 0 aliphatic carbocycles. The molecule has 0 saturated carbocycles. The lowest BCUT2D eigenvalue weighted by atomic mass is 10.2. The molecular weight excluding hydrogens is 536 g/mol. The molecule has 12 heteroatoms. The van der Waals surface area contributed by atoms with Gasteiger partial charge < -0.3 is 29.2 Å². The van der Waals surface area contributed by atoms with Crippen LogP contribution in [0.2, 0.25) is 0 Å². The summed E-state index contributed by atoms with van der Waals surface area (Å²) in [5.41, 5.74) is 3.10. The lowest BCUT2D eigenvalue weighted by molar-refractivity contribution is -0.137. The molecule has 1 saturated heterocycles. The van der Waals surface area contributed by atoms with Gasteiger partial charge in [-0.1, -0.05) is 12.1 Å². The minimum absolute atomic E-state index is 0.150. The van der Waals surface area contributed by atoms with Crippen molar-refractivity contribution >= 4 is 45.6 Å². The first-order chi connectivity index (χ1) is 17.4. The first-order valence-corrected chi connectivity index (χ1v) is 11.9. The monoisotopic (exact) mass is 562 g/mol. The maximum Gasteiger partial charge on any atom is 0.329 e. The Balaban J connectivity index is 1.58. The third-order valence-electron chi connectivity index (χ3n) is 4.98. The topological polar surface area (TPSA) is 128 Å². The summed E-state index contributed by atoms with van der Waals surface area (Å²) in [7, 11) is 1.46. The molecule has 0 aromatic heterocycles. The molecule has 36 heavy (non-hydrogen) atoms. The van der Waals surface area contributed by atoms with Crippen molar-refractivity contribution in [2.24, 2.45) is 5.10 Å². The average Bonchev–Trinajstić information content (AvgIpc) is 2.89. The smallest absolute Gasteiger partial charge is 0.329 e. The number of rotatable bonds is 9. The molecule has 1 fully saturated rings. The standard InChI is InChI=1S/C24H27BrN4O7/c1-3-35-19-7-5-4-6-18(19)27-23(31)24(32)28-26-14-16-12-17(25)22(20(13-16)33-2)36-15-21(30)29-8-10-34-11-9-29/h4-7,12-14H,3,8-11,15H2,1-2H3,(H,27,31)(H,28,32)/b26-14-. The van der Waals surface area contributed by atoms with Crippen molar-refractivity contribution in [1.82, 2.24) is 10.3 Å². The van der Waals surface area contributed by atoms with Crippen molar-refractivity contribution in [3.8, 4) is 17.2 Å². The third-order valence-corrected chi connectivity index (χ3v) is 5.57. The average molecular weight is 563 g/mol. The van der Waals surface area contributed by atoms with Gasteiger partial charge in [0.25, 0.3) is 5.91 Å². The van der Waals surface area contributed by atoms with E-state index in [9.17, 15) is 14.4 Å². The van der Waals surface area contributed by atoms with Crippen LogP contribution in [0.1, 0.15) is 12.5 Å². The molecule has 0 bridgehead atoms. The summed E-state index contributed by atoms with van der Waals surface area (Å²) >= 11 is 3.41. The van der Waals surface area contributed by atoms with E-state index in [1.165, 1.54) is 13.3 Å². The van der Waals surface area contributed by atoms with Crippen LogP contribution in [0.3, 0.4) is 0 Å². The number of hydrogen-bond donors (Lipinski definition) is 2. The fraction of sp³-hybridized carbons (Fsp3) is 0.333. The SMILES string of the molecule is CCOc1ccccc1NC(=O)C(=O)N/N=C\c1cc(Br)c(OCC(=O)N2CCOCC2)c(OC)c1. The molecule has 0 atom stereocenters. The normalized spacial score (nSPS) is 13.2. The van der Waals surface area contributed by atoms with Gasteiger partial charge in [-0.25, -0.2) is 5.43 Å². The Kier molecular flexibility index (Phi) is 10.1. The molecule has 192 valence electrons. The highest BCUT2D eigenvalue weighted by molar-refractivity contribution is 9.10. The second-order valence-electron chi connectivity index (χ2n) is 7.40. The van der Waals surface area contributed by atoms with Gasteiger partial charge in [0.15, 0.2) is 18.1 Å². The van der Waals surface area contributed by atoms with Crippen LogP contribution in [0.4, 0.5) is 5.69 Å². The van der Waals surface area contributed by atoms with E-state index in [0.717, 1.165) is 0 Å². The number of methoxy groups -OCH3 is 1. The highest BCUT2D eigenvalue weighted by Crippen LogP contribution is 2.36. The van der Waals surface area contributed by atoms with E-state index in [1.807, 2.05) is 6.92 Å². The number of anilines is 1. The van der Waals surface area contributed by atoms with E-state index in [0.29, 0.717) is 65.9 Å². The number of para-hydroxylation sites is 2. The van der Waals surface area contributed by atoms with Gasteiger partial charge in [-0.05, 0) is 52.7 Å². The molecular formula is C24H27BrN4O7. The minimum atomic E-state index is -0.954.